The Bertz CT molecular complexity index is 7200. The van der Waals surface area contributed by atoms with Crippen molar-refractivity contribution in [1.29, 1.82) is 0 Å². The molecule has 3 aliphatic heterocycles. The molecule has 730 valence electrons. The number of aromatic amines is 2. The van der Waals surface area contributed by atoms with Gasteiger partial charge in [-0.2, -0.15) is 13.2 Å². The van der Waals surface area contributed by atoms with Crippen molar-refractivity contribution in [2.24, 2.45) is 9.98 Å². The van der Waals surface area contributed by atoms with E-state index in [1.807, 2.05) is 52.0 Å². The first-order chi connectivity index (χ1) is 67.0. The minimum Gasteiger partial charge on any atom is -0.394 e. The quantitative estimate of drug-likeness (QED) is 0.0138. The Balaban J connectivity index is 0.000000136. The molecular weight excluding hydrogens is 1810 g/mol. The number of urea groups is 2. The molecule has 7 aliphatic rings. The van der Waals surface area contributed by atoms with Crippen molar-refractivity contribution >= 4 is 92.1 Å². The van der Waals surface area contributed by atoms with Gasteiger partial charge < -0.3 is 56.4 Å². The molecular formula is C95H105F5N24O15. The number of anilines is 6. The van der Waals surface area contributed by atoms with Gasteiger partial charge in [0.1, 0.15) is 57.6 Å². The van der Waals surface area contributed by atoms with Crippen LogP contribution in [-0.2, 0) is 49.9 Å². The number of nitrogens with zero attached hydrogens (tertiary/aromatic N) is 18. The van der Waals surface area contributed by atoms with E-state index < -0.39 is 67.4 Å². The number of ether oxygens (including phenoxy) is 1. The molecule has 4 aliphatic carbocycles. The number of alkyl halides is 3. The number of H-pyrrole nitrogens is 2. The van der Waals surface area contributed by atoms with E-state index in [4.69, 9.17) is 4.74 Å². The van der Waals surface area contributed by atoms with Crippen LogP contribution in [0.2, 0.25) is 0 Å². The minimum atomic E-state index is -4.61. The van der Waals surface area contributed by atoms with E-state index in [0.29, 0.717) is 125 Å². The summed E-state index contributed by atoms with van der Waals surface area (Å²) < 4.78 is 83.6. The van der Waals surface area contributed by atoms with Crippen LogP contribution in [0.4, 0.5) is 77.8 Å². The SMILES string of the molecule is C=CCNc1ccc(-c2nc3c([nH]2)c(=O)n(C2CC2)c(=O)n3CCC)cn1.CCCn1c(=O)n(C2CC2)c(=O)c2[nH]c(-c3ccc(NCC4CCCO4)nc3)nc21.CCCn1c2c(c(=O)n(C3CC3)c1=O)CC(c1ccc(N(CC(O)CO)C(=O)Nc3ccc(F)c(F)c3)nc1)=N2.CCCn1c2c(c(=O)n(C3CC3)c1=O)CC(c1ccc(N(CC(O)CO)C(=O)Nc3cccc(C(F)(F)F)c3)nc1)=N2. The zero-order valence-electron chi connectivity index (χ0n) is 76.6. The number of carbonyl (C=O) groups excluding carboxylic acids is 2. The number of amides is 4. The van der Waals surface area contributed by atoms with Gasteiger partial charge in [-0.05, 0) is 169 Å². The third-order valence-electron chi connectivity index (χ3n) is 24.2. The number of pyridine rings is 4. The zero-order valence-corrected chi connectivity index (χ0v) is 76.6. The standard InChI is InChI=1S/C28H29F3N6O5.C27H28F2N6O5.C21H26N6O3.C19H22N6O2/c1-2-10-35-24-21(25(40)37(27(35)42)19-7-8-19)12-22(34-24)16-6-9-23(32-13-16)36(14-20(39)15-38)26(41)33-18-5-3-4-17(11-18)28(29,30)31;1-2-9-33-24-19(25(38)35(27(33)40)17-5-6-17)11-22(32-24)15-3-8-23(30-12-15)34(13-18(37)14-36)26(39)31-16-4-7-20(28)21(29)10-16;1-2-9-26-19-17(20(28)27(21(26)29)14-6-7-14)24-18(25-19)13-5-8-16(22-11-13)23-12-15-4-3-10-30-15;1-3-9-20-14-8-5-12(11-21-14)16-22-15-17(23-16)24(10-4-2)19(27)25(18(15)26)13-6-7-13/h3-6,9,11,13,19-20,38-39H,2,7-8,10,12,14-15H2,1H3,(H,33,41);3-4,7-8,10,12,17-18,36-37H,2,5-6,9,11,13-14H2,1H3,(H,31,39);5,8,11,14-15H,2-4,6-7,9-10,12H2,1H3,(H,22,23)(H,24,25);3,5,8,11,13H,1,4,6-7,9-10H2,2H3,(H,20,21)(H,22,23). The highest BCUT2D eigenvalue weighted by Crippen LogP contribution is 2.39. The van der Waals surface area contributed by atoms with E-state index >= 15 is 0 Å². The maximum Gasteiger partial charge on any atom is 0.416 e. The maximum atomic E-state index is 13.6. The van der Waals surface area contributed by atoms with Crippen LogP contribution in [0, 0.1) is 11.6 Å². The lowest BCUT2D eigenvalue weighted by molar-refractivity contribution is -0.137. The van der Waals surface area contributed by atoms with E-state index in [1.165, 1.54) is 59.5 Å². The first-order valence-corrected chi connectivity index (χ1v) is 46.4. The number of nitrogens with one attached hydrogen (secondary N) is 6. The van der Waals surface area contributed by atoms with Crippen LogP contribution in [0.25, 0.3) is 45.1 Å². The lowest BCUT2D eigenvalue weighted by atomic mass is 10.1. The van der Waals surface area contributed by atoms with Gasteiger partial charge in [-0.25, -0.2) is 77.4 Å². The largest absolute Gasteiger partial charge is 0.416 e. The molecule has 19 rings (SSSR count). The molecule has 0 bridgehead atoms. The van der Waals surface area contributed by atoms with Crippen LogP contribution < -0.4 is 76.1 Å². The number of aliphatic hydroxyl groups excluding tert-OH is 4. The number of hydrogen-bond acceptors (Lipinski definition) is 25. The Morgan fingerprint density at radius 1 is 0.518 bits per heavy atom. The van der Waals surface area contributed by atoms with Crippen LogP contribution in [-0.4, -0.2) is 185 Å². The van der Waals surface area contributed by atoms with Gasteiger partial charge in [0.05, 0.1) is 72.7 Å². The van der Waals surface area contributed by atoms with Crippen molar-refractivity contribution in [2.45, 2.75) is 205 Å². The van der Waals surface area contributed by atoms with Crippen molar-refractivity contribution in [3.05, 3.63) is 251 Å². The molecule has 4 amide bonds. The van der Waals surface area contributed by atoms with Crippen molar-refractivity contribution in [3.8, 4) is 22.8 Å². The molecule has 10 aromatic heterocycles. The molecule has 44 heteroatoms. The van der Waals surface area contributed by atoms with E-state index in [-0.39, 0.29) is 118 Å². The lowest BCUT2D eigenvalue weighted by Gasteiger charge is -2.24. The molecule has 5 fully saturated rings. The van der Waals surface area contributed by atoms with Crippen LogP contribution in [0.3, 0.4) is 0 Å². The number of rotatable bonds is 32. The Hall–Kier alpha value is -14.6. The molecule has 0 spiro atoms. The normalized spacial score (nSPS) is 15.7. The topological polar surface area (TPSA) is 489 Å². The average Bonchev–Trinajstić information content (AvgIpc) is 1.61. The third kappa shape index (κ3) is 21.6. The van der Waals surface area contributed by atoms with Crippen LogP contribution >= 0.6 is 0 Å². The zero-order chi connectivity index (χ0) is 98.4. The molecule has 0 radical (unpaired) electrons. The molecule has 4 saturated carbocycles. The fourth-order valence-electron chi connectivity index (χ4n) is 16.6. The van der Waals surface area contributed by atoms with E-state index in [9.17, 15) is 90.3 Å². The summed E-state index contributed by atoms with van der Waals surface area (Å²) >= 11 is 0. The minimum absolute atomic E-state index is 0.0140. The van der Waals surface area contributed by atoms with Gasteiger partial charge in [-0.3, -0.25) is 65.5 Å². The Morgan fingerprint density at radius 2 is 0.935 bits per heavy atom. The number of aromatic nitrogens is 16. The van der Waals surface area contributed by atoms with Crippen molar-refractivity contribution in [2.75, 3.05) is 77.1 Å². The highest BCUT2D eigenvalue weighted by molar-refractivity contribution is 6.08. The number of imidazole rings is 2. The molecule has 10 N–H and O–H groups in total. The van der Waals surface area contributed by atoms with Gasteiger partial charge in [0, 0.05) is 147 Å². The van der Waals surface area contributed by atoms with E-state index in [1.54, 1.807) is 44.3 Å². The van der Waals surface area contributed by atoms with Crippen molar-refractivity contribution < 1.29 is 56.7 Å². The second kappa shape index (κ2) is 42.1. The van der Waals surface area contributed by atoms with Gasteiger partial charge in [0.25, 0.3) is 22.2 Å². The number of carbonyl (C=O) groups is 2. The maximum absolute atomic E-state index is 13.6. The number of benzene rings is 2. The number of aryl methyl sites for hydroxylation is 2. The molecule has 3 unspecified atom stereocenters. The highest BCUT2D eigenvalue weighted by atomic mass is 19.4. The molecule has 39 nitrogen and oxygen atoms in total. The molecule has 12 aromatic rings. The monoisotopic (exact) mass is 1920 g/mol. The Labute approximate surface area is 787 Å². The average molecular weight is 1920 g/mol. The number of aliphatic imine (C=N–C) groups is 2. The summed E-state index contributed by atoms with van der Waals surface area (Å²) in [7, 11) is 0. The van der Waals surface area contributed by atoms with E-state index in [0.717, 1.165) is 153 Å². The number of hydrogen-bond donors (Lipinski definition) is 10. The molecule has 13 heterocycles. The number of aliphatic hydroxyl groups is 4. The summed E-state index contributed by atoms with van der Waals surface area (Å²) in [6.45, 7) is 13.6. The Morgan fingerprint density at radius 3 is 1.32 bits per heavy atom. The van der Waals surface area contributed by atoms with Crippen molar-refractivity contribution in [3.63, 3.8) is 0 Å². The van der Waals surface area contributed by atoms with Gasteiger partial charge in [0.2, 0.25) is 0 Å². The second-order valence-electron chi connectivity index (χ2n) is 34.8. The molecule has 3 atom stereocenters. The Kier molecular flexibility index (Phi) is 29.5. The summed E-state index contributed by atoms with van der Waals surface area (Å²) in [5.41, 5.74) is 2.55. The fourth-order valence-corrected chi connectivity index (χ4v) is 16.6. The first-order valence-electron chi connectivity index (χ1n) is 46.4. The number of halogens is 5. The predicted molar refractivity (Wildman–Crippen MR) is 511 cm³/mol. The van der Waals surface area contributed by atoms with Gasteiger partial charge in [0.15, 0.2) is 22.9 Å². The van der Waals surface area contributed by atoms with Gasteiger partial charge in [-0.15, -0.1) is 6.58 Å². The van der Waals surface area contributed by atoms with Crippen LogP contribution in [0.15, 0.2) is 177 Å². The van der Waals surface area contributed by atoms with Gasteiger partial charge >= 0.3 is 41.0 Å². The molecule has 139 heavy (non-hydrogen) atoms. The summed E-state index contributed by atoms with van der Waals surface area (Å²) in [6, 6.07) is 18.8. The first kappa shape index (κ1) is 97.5. The van der Waals surface area contributed by atoms with Crippen LogP contribution in [0.1, 0.15) is 170 Å². The number of fused-ring (bicyclic) bond motifs is 4. The summed E-state index contributed by atoms with van der Waals surface area (Å²) in [4.78, 5) is 174. The van der Waals surface area contributed by atoms with Crippen LogP contribution in [0.5, 0.6) is 0 Å². The van der Waals surface area contributed by atoms with E-state index in [2.05, 4.69) is 77.7 Å². The second-order valence-corrected chi connectivity index (χ2v) is 34.8. The van der Waals surface area contributed by atoms with Gasteiger partial charge in [-0.1, -0.05) is 39.8 Å². The van der Waals surface area contributed by atoms with Crippen molar-refractivity contribution in [1.82, 2.24) is 76.4 Å². The summed E-state index contributed by atoms with van der Waals surface area (Å²) in [5.74, 6) is 1.19. The smallest absolute Gasteiger partial charge is 0.394 e. The predicted octanol–water partition coefficient (Wildman–Crippen LogP) is 10.3. The lowest BCUT2D eigenvalue weighted by Crippen LogP contribution is -2.42. The fraction of sp³-hybridized carbons (Fsp3) is 0.411. The summed E-state index contributed by atoms with van der Waals surface area (Å²) in [5, 5.41) is 49.9. The summed E-state index contributed by atoms with van der Waals surface area (Å²) in [6.07, 6.45) is 13.2. The molecule has 2 aromatic carbocycles. The highest BCUT2D eigenvalue weighted by Gasteiger charge is 2.38. The third-order valence-corrected chi connectivity index (χ3v) is 24.2. The molecule has 1 saturated heterocycles.